The second-order valence-corrected chi connectivity index (χ2v) is 4.69. The largest absolute Gasteiger partial charge is 0.384 e. The van der Waals surface area contributed by atoms with E-state index in [1.54, 1.807) is 36.2 Å². The molecule has 1 aromatic carbocycles. The second kappa shape index (κ2) is 5.71. The zero-order valence-corrected chi connectivity index (χ0v) is 11.3. The van der Waals surface area contributed by atoms with Crippen LogP contribution < -0.4 is 5.73 Å². The SMILES string of the molecule is CN(Cc1ccc(Cl)cc1)C(=O)c1ccnc(N)c1. The third kappa shape index (κ3) is 3.45. The summed E-state index contributed by atoms with van der Waals surface area (Å²) in [5.41, 5.74) is 7.12. The van der Waals surface area contributed by atoms with E-state index in [0.29, 0.717) is 22.9 Å². The molecule has 2 N–H and O–H groups in total. The number of anilines is 1. The van der Waals surface area contributed by atoms with E-state index in [-0.39, 0.29) is 5.91 Å². The number of hydrogen-bond donors (Lipinski definition) is 1. The average Bonchev–Trinajstić information content (AvgIpc) is 2.40. The van der Waals surface area contributed by atoms with Crippen molar-refractivity contribution < 1.29 is 4.79 Å². The van der Waals surface area contributed by atoms with E-state index in [2.05, 4.69) is 4.98 Å². The minimum absolute atomic E-state index is 0.0935. The predicted molar refractivity (Wildman–Crippen MR) is 75.9 cm³/mol. The molecule has 1 heterocycles. The van der Waals surface area contributed by atoms with Crippen LogP contribution >= 0.6 is 11.6 Å². The van der Waals surface area contributed by atoms with Gasteiger partial charge in [-0.3, -0.25) is 4.79 Å². The van der Waals surface area contributed by atoms with Crippen LogP contribution in [0.3, 0.4) is 0 Å². The highest BCUT2D eigenvalue weighted by molar-refractivity contribution is 6.30. The van der Waals surface area contributed by atoms with Crippen molar-refractivity contribution in [2.45, 2.75) is 6.54 Å². The van der Waals surface area contributed by atoms with Crippen molar-refractivity contribution in [3.63, 3.8) is 0 Å². The number of rotatable bonds is 3. The van der Waals surface area contributed by atoms with Gasteiger partial charge in [0.05, 0.1) is 0 Å². The van der Waals surface area contributed by atoms with Crippen molar-refractivity contribution >= 4 is 23.3 Å². The van der Waals surface area contributed by atoms with Gasteiger partial charge in [-0.15, -0.1) is 0 Å². The summed E-state index contributed by atoms with van der Waals surface area (Å²) in [7, 11) is 1.74. The monoisotopic (exact) mass is 275 g/mol. The van der Waals surface area contributed by atoms with Crippen LogP contribution in [0, 0.1) is 0 Å². The smallest absolute Gasteiger partial charge is 0.254 e. The van der Waals surface area contributed by atoms with Crippen LogP contribution in [-0.2, 0) is 6.54 Å². The molecule has 0 spiro atoms. The van der Waals surface area contributed by atoms with Crippen LogP contribution in [0.15, 0.2) is 42.6 Å². The van der Waals surface area contributed by atoms with Crippen LogP contribution in [0.5, 0.6) is 0 Å². The van der Waals surface area contributed by atoms with Crippen molar-refractivity contribution in [1.82, 2.24) is 9.88 Å². The fourth-order valence-electron chi connectivity index (χ4n) is 1.74. The molecular weight excluding hydrogens is 262 g/mol. The highest BCUT2D eigenvalue weighted by Crippen LogP contribution is 2.13. The van der Waals surface area contributed by atoms with Crippen LogP contribution in [-0.4, -0.2) is 22.8 Å². The molecule has 1 amide bonds. The lowest BCUT2D eigenvalue weighted by Crippen LogP contribution is -2.26. The van der Waals surface area contributed by atoms with Gasteiger partial charge in [0.15, 0.2) is 0 Å². The first-order valence-electron chi connectivity index (χ1n) is 5.77. The van der Waals surface area contributed by atoms with E-state index in [1.165, 1.54) is 6.20 Å². The number of halogens is 1. The highest BCUT2D eigenvalue weighted by Gasteiger charge is 2.12. The van der Waals surface area contributed by atoms with E-state index in [0.717, 1.165) is 5.56 Å². The average molecular weight is 276 g/mol. The number of carbonyl (C=O) groups excluding carboxylic acids is 1. The van der Waals surface area contributed by atoms with Crippen molar-refractivity contribution in [2.24, 2.45) is 0 Å². The molecule has 1 aromatic heterocycles. The molecule has 0 bridgehead atoms. The molecule has 0 aliphatic heterocycles. The van der Waals surface area contributed by atoms with Crippen LogP contribution in [0.25, 0.3) is 0 Å². The first-order valence-corrected chi connectivity index (χ1v) is 6.15. The van der Waals surface area contributed by atoms with Gasteiger partial charge < -0.3 is 10.6 Å². The molecule has 98 valence electrons. The first-order chi connectivity index (χ1) is 9.06. The lowest BCUT2D eigenvalue weighted by atomic mass is 10.2. The van der Waals surface area contributed by atoms with Gasteiger partial charge in [-0.05, 0) is 29.8 Å². The third-order valence-corrected chi connectivity index (χ3v) is 2.96. The number of hydrogen-bond acceptors (Lipinski definition) is 3. The molecule has 19 heavy (non-hydrogen) atoms. The van der Waals surface area contributed by atoms with Gasteiger partial charge in [-0.2, -0.15) is 0 Å². The van der Waals surface area contributed by atoms with Gasteiger partial charge in [0.1, 0.15) is 5.82 Å². The number of aromatic nitrogens is 1. The molecule has 0 saturated heterocycles. The maximum atomic E-state index is 12.2. The zero-order valence-electron chi connectivity index (χ0n) is 10.5. The normalized spacial score (nSPS) is 10.2. The van der Waals surface area contributed by atoms with Gasteiger partial charge in [0.25, 0.3) is 5.91 Å². The number of nitrogen functional groups attached to an aromatic ring is 1. The molecule has 0 unspecified atom stereocenters. The molecule has 5 heteroatoms. The number of nitrogens with zero attached hydrogens (tertiary/aromatic N) is 2. The molecule has 0 saturated carbocycles. The van der Waals surface area contributed by atoms with E-state index in [1.807, 2.05) is 12.1 Å². The quantitative estimate of drug-likeness (QED) is 0.937. The Hall–Kier alpha value is -2.07. The fraction of sp³-hybridized carbons (Fsp3) is 0.143. The van der Waals surface area contributed by atoms with Gasteiger partial charge in [-0.1, -0.05) is 23.7 Å². The Morgan fingerprint density at radius 3 is 2.63 bits per heavy atom. The second-order valence-electron chi connectivity index (χ2n) is 4.26. The minimum atomic E-state index is -0.0935. The zero-order chi connectivity index (χ0) is 13.8. The fourth-order valence-corrected chi connectivity index (χ4v) is 1.86. The number of pyridine rings is 1. The number of nitrogens with two attached hydrogens (primary N) is 1. The Balaban J connectivity index is 2.09. The summed E-state index contributed by atoms with van der Waals surface area (Å²) in [5, 5.41) is 0.680. The summed E-state index contributed by atoms with van der Waals surface area (Å²) in [6.45, 7) is 0.512. The molecule has 2 rings (SSSR count). The molecule has 2 aromatic rings. The molecular formula is C14H14ClN3O. The van der Waals surface area contributed by atoms with Crippen molar-refractivity contribution in [1.29, 1.82) is 0 Å². The van der Waals surface area contributed by atoms with Crippen molar-refractivity contribution in [2.75, 3.05) is 12.8 Å². The summed E-state index contributed by atoms with van der Waals surface area (Å²) < 4.78 is 0. The topological polar surface area (TPSA) is 59.2 Å². The first kappa shape index (κ1) is 13.4. The Kier molecular flexibility index (Phi) is 4.02. The summed E-state index contributed by atoms with van der Waals surface area (Å²) >= 11 is 5.82. The molecule has 4 nitrogen and oxygen atoms in total. The number of amides is 1. The molecule has 0 radical (unpaired) electrons. The molecule has 0 fully saturated rings. The number of benzene rings is 1. The Bertz CT molecular complexity index is 583. The number of carbonyl (C=O) groups is 1. The Morgan fingerprint density at radius 1 is 1.32 bits per heavy atom. The summed E-state index contributed by atoms with van der Waals surface area (Å²) in [6, 6.07) is 10.6. The lowest BCUT2D eigenvalue weighted by molar-refractivity contribution is 0.0785. The summed E-state index contributed by atoms with van der Waals surface area (Å²) in [5.74, 6) is 0.245. The molecule has 0 aliphatic rings. The van der Waals surface area contributed by atoms with Crippen LogP contribution in [0.4, 0.5) is 5.82 Å². The lowest BCUT2D eigenvalue weighted by Gasteiger charge is -2.17. The van der Waals surface area contributed by atoms with E-state index < -0.39 is 0 Å². The van der Waals surface area contributed by atoms with E-state index in [9.17, 15) is 4.79 Å². The summed E-state index contributed by atoms with van der Waals surface area (Å²) in [4.78, 5) is 17.7. The van der Waals surface area contributed by atoms with E-state index >= 15 is 0 Å². The van der Waals surface area contributed by atoms with E-state index in [4.69, 9.17) is 17.3 Å². The van der Waals surface area contributed by atoms with Crippen molar-refractivity contribution in [3.05, 3.63) is 58.7 Å². The van der Waals surface area contributed by atoms with Gasteiger partial charge in [-0.25, -0.2) is 4.98 Å². The standard InChI is InChI=1S/C14H14ClN3O/c1-18(9-10-2-4-12(15)5-3-10)14(19)11-6-7-17-13(16)8-11/h2-8H,9H2,1H3,(H2,16,17). The van der Waals surface area contributed by atoms with Gasteiger partial charge in [0, 0.05) is 30.4 Å². The Labute approximate surface area is 116 Å². The molecule has 0 aliphatic carbocycles. The minimum Gasteiger partial charge on any atom is -0.384 e. The predicted octanol–water partition coefficient (Wildman–Crippen LogP) is 2.59. The van der Waals surface area contributed by atoms with Crippen molar-refractivity contribution in [3.8, 4) is 0 Å². The van der Waals surface area contributed by atoms with Gasteiger partial charge in [0.2, 0.25) is 0 Å². The van der Waals surface area contributed by atoms with Crippen LogP contribution in [0.1, 0.15) is 15.9 Å². The van der Waals surface area contributed by atoms with Gasteiger partial charge >= 0.3 is 0 Å². The molecule has 0 atom stereocenters. The highest BCUT2D eigenvalue weighted by atomic mass is 35.5. The third-order valence-electron chi connectivity index (χ3n) is 2.71. The maximum Gasteiger partial charge on any atom is 0.254 e. The summed E-state index contributed by atoms with van der Waals surface area (Å²) in [6.07, 6.45) is 1.53. The Morgan fingerprint density at radius 2 is 2.00 bits per heavy atom. The van der Waals surface area contributed by atoms with Crippen LogP contribution in [0.2, 0.25) is 5.02 Å². The maximum absolute atomic E-state index is 12.2.